The van der Waals surface area contributed by atoms with Crippen molar-refractivity contribution in [1.82, 2.24) is 0 Å². The van der Waals surface area contributed by atoms with E-state index in [4.69, 9.17) is 0 Å². The molecule has 6 aromatic carbocycles. The second kappa shape index (κ2) is 13.2. The van der Waals surface area contributed by atoms with Crippen LogP contribution in [0.5, 0.6) is 0 Å². The monoisotopic (exact) mass is 598 g/mol. The summed E-state index contributed by atoms with van der Waals surface area (Å²) in [4.78, 5) is 0. The first-order valence-electron chi connectivity index (χ1n) is 14.0. The molecule has 0 bridgehead atoms. The van der Waals surface area contributed by atoms with Gasteiger partial charge in [-0.05, 0) is 54.2 Å². The van der Waals surface area contributed by atoms with Crippen LogP contribution in [0.1, 0.15) is 0 Å². The zero-order valence-corrected chi connectivity index (χ0v) is 26.8. The maximum Gasteiger partial charge on any atom is 0.159 e. The highest BCUT2D eigenvalue weighted by molar-refractivity contribution is 8.54. The largest absolute Gasteiger partial charge is 0.159 e. The third-order valence-corrected chi connectivity index (χ3v) is 37.9. The highest BCUT2D eigenvalue weighted by Gasteiger charge is 2.53. The van der Waals surface area contributed by atoms with Gasteiger partial charge in [0, 0.05) is 0 Å². The fraction of sp³-hybridized carbons (Fsp3) is 0.0270. The Morgan fingerprint density at radius 2 is 0.415 bits per heavy atom. The normalized spacial score (nSPS) is 11.7. The van der Waals surface area contributed by atoms with Gasteiger partial charge in [-0.2, -0.15) is 0 Å². The predicted molar refractivity (Wildman–Crippen MR) is 189 cm³/mol. The molecule has 6 rings (SSSR count). The average Bonchev–Trinajstić information content (AvgIpc) is 3.04. The summed E-state index contributed by atoms with van der Waals surface area (Å²) in [5.41, 5.74) is 0. The molecule has 0 radical (unpaired) electrons. The van der Waals surface area contributed by atoms with Crippen LogP contribution in [0.25, 0.3) is 0 Å². The van der Waals surface area contributed by atoms with Gasteiger partial charge in [-0.15, -0.1) is 0 Å². The summed E-state index contributed by atoms with van der Waals surface area (Å²) in [6.07, 6.45) is 0. The van der Waals surface area contributed by atoms with E-state index < -0.39 is 29.5 Å². The van der Waals surface area contributed by atoms with Crippen molar-refractivity contribution < 1.29 is 0 Å². The van der Waals surface area contributed by atoms with Gasteiger partial charge >= 0.3 is 0 Å². The van der Waals surface area contributed by atoms with E-state index in [0.29, 0.717) is 0 Å². The van der Waals surface area contributed by atoms with E-state index in [2.05, 4.69) is 189 Å². The molecule has 0 saturated heterocycles. The van der Waals surface area contributed by atoms with Crippen LogP contribution < -0.4 is 31.8 Å². The molecule has 0 unspecified atom stereocenters. The van der Waals surface area contributed by atoms with E-state index in [1.807, 2.05) is 0 Å². The molecule has 0 aromatic heterocycles. The lowest BCUT2D eigenvalue weighted by Crippen LogP contribution is -2.44. The smallest absolute Gasteiger partial charge is 0.0622 e. The van der Waals surface area contributed by atoms with Crippen LogP contribution in [0.3, 0.4) is 0 Å². The van der Waals surface area contributed by atoms with E-state index in [1.165, 1.54) is 31.8 Å². The summed E-state index contributed by atoms with van der Waals surface area (Å²) in [7, 11) is -4.41. The molecule has 0 N–H and O–H groups in total. The van der Waals surface area contributed by atoms with Gasteiger partial charge < -0.3 is 0 Å². The second-order valence-corrected chi connectivity index (χ2v) is 32.3. The van der Waals surface area contributed by atoms with Gasteiger partial charge in [0.05, 0.1) is 0 Å². The maximum atomic E-state index is 2.76. The Hall–Kier alpha value is -3.17. The molecule has 200 valence electrons. The van der Waals surface area contributed by atoms with Crippen molar-refractivity contribution in [2.24, 2.45) is 0 Å². The van der Waals surface area contributed by atoms with Crippen LogP contribution in [0.15, 0.2) is 182 Å². The summed E-state index contributed by atoms with van der Waals surface area (Å²) in [5.74, 6) is 0. The molecule has 0 aliphatic rings. The van der Waals surface area contributed by atoms with Crippen LogP contribution >= 0.6 is 22.4 Å². The molecule has 0 aliphatic heterocycles. The second-order valence-electron chi connectivity index (χ2n) is 9.99. The lowest BCUT2D eigenvalue weighted by atomic mass is 10.4. The van der Waals surface area contributed by atoms with Gasteiger partial charge in [0.1, 0.15) is 0 Å². The number of rotatable bonds is 9. The molecular formula is C37H33P3Si. The highest BCUT2D eigenvalue weighted by Crippen LogP contribution is 2.73. The quantitative estimate of drug-likeness (QED) is 0.117. The standard InChI is InChI=1S/C37H33P3Si/c1-41(38(32-20-8-2-9-21-32)33-22-10-3-11-23-33,39(34-24-12-4-13-25-34)35-26-14-5-15-27-35)40(36-28-16-6-17-29-36)37-30-18-7-19-31-37/h2-31H,1H3. The average molecular weight is 599 g/mol. The molecule has 0 fully saturated rings. The van der Waals surface area contributed by atoms with Crippen LogP contribution in [-0.2, 0) is 0 Å². The van der Waals surface area contributed by atoms with Crippen molar-refractivity contribution in [2.75, 3.05) is 0 Å². The van der Waals surface area contributed by atoms with Gasteiger partial charge in [-0.3, -0.25) is 0 Å². The molecule has 0 heterocycles. The summed E-state index contributed by atoms with van der Waals surface area (Å²) in [5, 5.41) is 8.93. The topological polar surface area (TPSA) is 0 Å². The number of benzene rings is 6. The van der Waals surface area contributed by atoms with Gasteiger partial charge in [0.25, 0.3) is 0 Å². The molecule has 41 heavy (non-hydrogen) atoms. The summed E-state index contributed by atoms with van der Waals surface area (Å²) < 4.78 is 0. The Balaban J connectivity index is 1.75. The minimum absolute atomic E-state index is 0.673. The molecule has 4 heteroatoms. The van der Waals surface area contributed by atoms with E-state index >= 15 is 0 Å². The molecule has 0 atom stereocenters. The van der Waals surface area contributed by atoms with Crippen LogP contribution in [-0.4, -0.2) is 7.08 Å². The van der Waals surface area contributed by atoms with Crippen molar-refractivity contribution >= 4 is 61.3 Å². The van der Waals surface area contributed by atoms with Gasteiger partial charge in [0.15, 0.2) is 7.08 Å². The SMILES string of the molecule is C[Si](P(c1ccccc1)c1ccccc1)(P(c1ccccc1)c1ccccc1)P(c1ccccc1)c1ccccc1. The van der Waals surface area contributed by atoms with Crippen LogP contribution in [0, 0.1) is 0 Å². The van der Waals surface area contributed by atoms with Gasteiger partial charge in [-0.25, -0.2) is 0 Å². The molecular weight excluding hydrogens is 565 g/mol. The summed E-state index contributed by atoms with van der Waals surface area (Å²) in [6.45, 7) is 2.76. The molecule has 0 spiro atoms. The first kappa shape index (κ1) is 28.0. The van der Waals surface area contributed by atoms with Gasteiger partial charge in [-0.1, -0.05) is 189 Å². The third-order valence-electron chi connectivity index (χ3n) is 7.36. The Bertz CT molecular complexity index is 1310. The maximum absolute atomic E-state index is 2.76. The van der Waals surface area contributed by atoms with Crippen molar-refractivity contribution in [3.05, 3.63) is 182 Å². The fourth-order valence-corrected chi connectivity index (χ4v) is 44.1. The van der Waals surface area contributed by atoms with Crippen molar-refractivity contribution in [2.45, 2.75) is 6.55 Å². The Labute approximate surface area is 249 Å². The van der Waals surface area contributed by atoms with Crippen molar-refractivity contribution in [3.8, 4) is 0 Å². The molecule has 0 amide bonds. The zero-order valence-electron chi connectivity index (χ0n) is 23.2. The van der Waals surface area contributed by atoms with Crippen molar-refractivity contribution in [3.63, 3.8) is 0 Å². The van der Waals surface area contributed by atoms with Crippen LogP contribution in [0.4, 0.5) is 0 Å². The minimum atomic E-state index is -2.39. The Kier molecular flexibility index (Phi) is 9.01. The number of hydrogen-bond donors (Lipinski definition) is 0. The number of hydrogen-bond acceptors (Lipinski definition) is 0. The lowest BCUT2D eigenvalue weighted by molar-refractivity contribution is 1.75. The van der Waals surface area contributed by atoms with E-state index in [9.17, 15) is 0 Å². The summed E-state index contributed by atoms with van der Waals surface area (Å²) in [6, 6.07) is 68.6. The Morgan fingerprint density at radius 1 is 0.268 bits per heavy atom. The van der Waals surface area contributed by atoms with E-state index in [0.717, 1.165) is 0 Å². The lowest BCUT2D eigenvalue weighted by Gasteiger charge is -2.49. The minimum Gasteiger partial charge on any atom is -0.0622 e. The third kappa shape index (κ3) is 5.92. The highest BCUT2D eigenvalue weighted by atomic mass is 31.9. The summed E-state index contributed by atoms with van der Waals surface area (Å²) >= 11 is 0. The molecule has 0 saturated carbocycles. The zero-order chi connectivity index (χ0) is 27.9. The van der Waals surface area contributed by atoms with E-state index in [-0.39, 0.29) is 0 Å². The predicted octanol–water partition coefficient (Wildman–Crippen LogP) is 7.95. The molecule has 0 nitrogen and oxygen atoms in total. The van der Waals surface area contributed by atoms with E-state index in [1.54, 1.807) is 0 Å². The fourth-order valence-electron chi connectivity index (χ4n) is 5.68. The molecule has 6 aromatic rings. The van der Waals surface area contributed by atoms with Crippen LogP contribution in [0.2, 0.25) is 6.55 Å². The molecule has 0 aliphatic carbocycles. The van der Waals surface area contributed by atoms with Crippen molar-refractivity contribution in [1.29, 1.82) is 0 Å². The Morgan fingerprint density at radius 3 is 0.561 bits per heavy atom. The van der Waals surface area contributed by atoms with Gasteiger partial charge in [0.2, 0.25) is 0 Å². The first-order valence-corrected chi connectivity index (χ1v) is 23.0. The first-order chi connectivity index (χ1) is 20.3.